The third-order valence-electron chi connectivity index (χ3n) is 3.51. The second-order valence-corrected chi connectivity index (χ2v) is 5.38. The molecule has 118 valence electrons. The number of hydrogen-bond acceptors (Lipinski definition) is 6. The van der Waals surface area contributed by atoms with Crippen LogP contribution in [-0.4, -0.2) is 49.4 Å². The fourth-order valence-electron chi connectivity index (χ4n) is 2.44. The number of hydrogen-bond donors (Lipinski definition) is 3. The predicted molar refractivity (Wildman–Crippen MR) is 73.0 cm³/mol. The Hall–Kier alpha value is -1.48. The van der Waals surface area contributed by atoms with Crippen LogP contribution in [0.4, 0.5) is 0 Å². The minimum atomic E-state index is -0.871. The van der Waals surface area contributed by atoms with Crippen molar-refractivity contribution in [2.24, 2.45) is 0 Å². The lowest BCUT2D eigenvalue weighted by Gasteiger charge is -2.18. The van der Waals surface area contributed by atoms with E-state index < -0.39 is 35.8 Å². The van der Waals surface area contributed by atoms with Crippen LogP contribution in [0.2, 0.25) is 0 Å². The van der Waals surface area contributed by atoms with Gasteiger partial charge in [-0.05, 0) is 13.8 Å². The van der Waals surface area contributed by atoms with E-state index in [0.717, 1.165) is 4.57 Å². The van der Waals surface area contributed by atoms with Gasteiger partial charge in [0.25, 0.3) is 5.56 Å². The molecule has 0 aliphatic carbocycles. The Morgan fingerprint density at radius 1 is 1.48 bits per heavy atom. The van der Waals surface area contributed by atoms with E-state index in [-0.39, 0.29) is 19.6 Å². The highest BCUT2D eigenvalue weighted by Crippen LogP contribution is 2.27. The standard InChI is InChI=1S/C13H20N2O6/c1-7-4-14(11-3-9(18)10(6-16)21-11)13(20)15(12(7)19)5-8(2)17/h4,8-11,16-18H,3,5-6H2,1-2H3/t8?,9-,10+,11+/m0/s1. The van der Waals surface area contributed by atoms with Crippen molar-refractivity contribution in [1.82, 2.24) is 9.13 Å². The van der Waals surface area contributed by atoms with Crippen LogP contribution in [0.3, 0.4) is 0 Å². The molecule has 0 radical (unpaired) electrons. The zero-order chi connectivity index (χ0) is 15.7. The van der Waals surface area contributed by atoms with Gasteiger partial charge in [0.2, 0.25) is 0 Å². The highest BCUT2D eigenvalue weighted by molar-refractivity contribution is 5.04. The van der Waals surface area contributed by atoms with Crippen molar-refractivity contribution in [3.05, 3.63) is 32.6 Å². The quantitative estimate of drug-likeness (QED) is 0.613. The number of ether oxygens (including phenoxy) is 1. The second kappa shape index (κ2) is 6.10. The normalized spacial score (nSPS) is 27.0. The molecule has 1 aromatic heterocycles. The van der Waals surface area contributed by atoms with Gasteiger partial charge < -0.3 is 20.1 Å². The molecule has 4 atom stereocenters. The lowest BCUT2D eigenvalue weighted by Crippen LogP contribution is -2.43. The maximum Gasteiger partial charge on any atom is 0.333 e. The van der Waals surface area contributed by atoms with Gasteiger partial charge in [0.15, 0.2) is 0 Å². The number of aliphatic hydroxyl groups is 3. The van der Waals surface area contributed by atoms with Gasteiger partial charge in [0, 0.05) is 18.2 Å². The van der Waals surface area contributed by atoms with Gasteiger partial charge in [-0.25, -0.2) is 4.79 Å². The second-order valence-electron chi connectivity index (χ2n) is 5.38. The van der Waals surface area contributed by atoms with Gasteiger partial charge >= 0.3 is 5.69 Å². The first-order valence-electron chi connectivity index (χ1n) is 6.80. The minimum absolute atomic E-state index is 0.113. The lowest BCUT2D eigenvalue weighted by molar-refractivity contribution is -0.0465. The van der Waals surface area contributed by atoms with Gasteiger partial charge in [0.05, 0.1) is 25.4 Å². The van der Waals surface area contributed by atoms with Gasteiger partial charge in [-0.2, -0.15) is 0 Å². The van der Waals surface area contributed by atoms with E-state index in [4.69, 9.17) is 9.84 Å². The highest BCUT2D eigenvalue weighted by atomic mass is 16.5. The summed E-state index contributed by atoms with van der Waals surface area (Å²) in [5.74, 6) is 0. The van der Waals surface area contributed by atoms with Crippen molar-refractivity contribution in [2.45, 2.75) is 51.4 Å². The summed E-state index contributed by atoms with van der Waals surface area (Å²) in [6.07, 6.45) is -1.68. The van der Waals surface area contributed by atoms with Crippen LogP contribution >= 0.6 is 0 Å². The molecule has 3 N–H and O–H groups in total. The molecule has 2 rings (SSSR count). The maximum absolute atomic E-state index is 12.4. The molecule has 1 saturated heterocycles. The molecule has 8 nitrogen and oxygen atoms in total. The topological polar surface area (TPSA) is 114 Å². The molecule has 1 aromatic rings. The van der Waals surface area contributed by atoms with Crippen molar-refractivity contribution in [2.75, 3.05) is 6.61 Å². The smallest absolute Gasteiger partial charge is 0.333 e. The molecule has 1 aliphatic heterocycles. The van der Waals surface area contributed by atoms with Crippen LogP contribution in [0.5, 0.6) is 0 Å². The number of aryl methyl sites for hydroxylation is 1. The van der Waals surface area contributed by atoms with Crippen LogP contribution in [0.25, 0.3) is 0 Å². The van der Waals surface area contributed by atoms with Gasteiger partial charge in [-0.3, -0.25) is 13.9 Å². The van der Waals surface area contributed by atoms with E-state index in [0.29, 0.717) is 5.56 Å². The average molecular weight is 300 g/mol. The number of nitrogens with zero attached hydrogens (tertiary/aromatic N) is 2. The van der Waals surface area contributed by atoms with Gasteiger partial charge in [0.1, 0.15) is 12.3 Å². The molecule has 2 heterocycles. The van der Waals surface area contributed by atoms with E-state index in [1.165, 1.54) is 17.7 Å². The van der Waals surface area contributed by atoms with Crippen molar-refractivity contribution in [3.8, 4) is 0 Å². The number of aliphatic hydroxyl groups excluding tert-OH is 3. The zero-order valence-corrected chi connectivity index (χ0v) is 12.0. The number of rotatable bonds is 4. The van der Waals surface area contributed by atoms with Gasteiger partial charge in [-0.15, -0.1) is 0 Å². The molecule has 0 aromatic carbocycles. The van der Waals surface area contributed by atoms with Crippen molar-refractivity contribution < 1.29 is 20.1 Å². The Balaban J connectivity index is 2.44. The average Bonchev–Trinajstić information content (AvgIpc) is 2.79. The van der Waals surface area contributed by atoms with Crippen LogP contribution in [0, 0.1) is 6.92 Å². The SMILES string of the molecule is Cc1cn([C@H]2C[C@H](O)[C@@H](CO)O2)c(=O)n(CC(C)O)c1=O. The van der Waals surface area contributed by atoms with E-state index >= 15 is 0 Å². The fourth-order valence-corrected chi connectivity index (χ4v) is 2.44. The third-order valence-corrected chi connectivity index (χ3v) is 3.51. The summed E-state index contributed by atoms with van der Waals surface area (Å²) in [4.78, 5) is 24.3. The fraction of sp³-hybridized carbons (Fsp3) is 0.692. The molecule has 0 amide bonds. The van der Waals surface area contributed by atoms with Crippen LogP contribution in [0.1, 0.15) is 25.1 Å². The van der Waals surface area contributed by atoms with Crippen LogP contribution in [-0.2, 0) is 11.3 Å². The van der Waals surface area contributed by atoms with Crippen LogP contribution < -0.4 is 11.2 Å². The molecule has 0 spiro atoms. The lowest BCUT2D eigenvalue weighted by atomic mass is 10.2. The summed E-state index contributed by atoms with van der Waals surface area (Å²) in [7, 11) is 0. The summed E-state index contributed by atoms with van der Waals surface area (Å²) in [6, 6.07) is 0. The number of aromatic nitrogens is 2. The summed E-state index contributed by atoms with van der Waals surface area (Å²) in [6.45, 7) is 2.58. The van der Waals surface area contributed by atoms with E-state index in [9.17, 15) is 19.8 Å². The maximum atomic E-state index is 12.4. The Morgan fingerprint density at radius 2 is 2.14 bits per heavy atom. The zero-order valence-electron chi connectivity index (χ0n) is 12.0. The molecule has 1 fully saturated rings. The van der Waals surface area contributed by atoms with E-state index in [1.54, 1.807) is 6.92 Å². The largest absolute Gasteiger partial charge is 0.394 e. The molecular weight excluding hydrogens is 280 g/mol. The van der Waals surface area contributed by atoms with Gasteiger partial charge in [-0.1, -0.05) is 0 Å². The van der Waals surface area contributed by atoms with E-state index in [2.05, 4.69) is 0 Å². The van der Waals surface area contributed by atoms with Crippen molar-refractivity contribution in [3.63, 3.8) is 0 Å². The Kier molecular flexibility index (Phi) is 4.62. The first-order valence-corrected chi connectivity index (χ1v) is 6.80. The third kappa shape index (κ3) is 3.08. The molecule has 21 heavy (non-hydrogen) atoms. The minimum Gasteiger partial charge on any atom is -0.394 e. The monoisotopic (exact) mass is 300 g/mol. The molecule has 1 unspecified atom stereocenters. The first-order chi connectivity index (χ1) is 9.85. The summed E-state index contributed by atoms with van der Waals surface area (Å²) >= 11 is 0. The summed E-state index contributed by atoms with van der Waals surface area (Å²) in [5, 5.41) is 28.2. The highest BCUT2D eigenvalue weighted by Gasteiger charge is 2.35. The molecule has 1 aliphatic rings. The molecule has 0 bridgehead atoms. The van der Waals surface area contributed by atoms with Crippen molar-refractivity contribution in [1.29, 1.82) is 0 Å². The van der Waals surface area contributed by atoms with E-state index in [1.807, 2.05) is 0 Å². The summed E-state index contributed by atoms with van der Waals surface area (Å²) in [5.41, 5.74) is -0.738. The Bertz CT molecular complexity index is 620. The predicted octanol–water partition coefficient (Wildman–Crippen LogP) is -1.66. The molecule has 0 saturated carbocycles. The molecular formula is C13H20N2O6. The molecule has 8 heteroatoms. The first kappa shape index (κ1) is 15.9. The Morgan fingerprint density at radius 3 is 2.67 bits per heavy atom. The van der Waals surface area contributed by atoms with Crippen molar-refractivity contribution >= 4 is 0 Å². The summed E-state index contributed by atoms with van der Waals surface area (Å²) < 4.78 is 7.60. The Labute approximate surface area is 120 Å². The van der Waals surface area contributed by atoms with Crippen LogP contribution in [0.15, 0.2) is 15.8 Å².